The van der Waals surface area contributed by atoms with E-state index in [1.54, 1.807) is 0 Å². The predicted molar refractivity (Wildman–Crippen MR) is 55.1 cm³/mol. The van der Waals surface area contributed by atoms with E-state index in [0.29, 0.717) is 6.41 Å². The van der Waals surface area contributed by atoms with Crippen molar-refractivity contribution >= 4 is 12.1 Å². The normalized spacial score (nSPS) is 17.6. The quantitative estimate of drug-likeness (QED) is 0.551. The number of hydrogen-bond donors (Lipinski definition) is 1. The van der Waals surface area contributed by atoms with Gasteiger partial charge in [0.25, 0.3) is 0 Å². The number of nitrogens with one attached hydrogen (secondary N) is 1. The van der Waals surface area contributed by atoms with Gasteiger partial charge in [0.2, 0.25) is 6.41 Å². The Kier molecular flexibility index (Phi) is 2.58. The highest BCUT2D eigenvalue weighted by atomic mass is 16.1. The number of fused-ring (bicyclic) bond motifs is 1. The number of carbonyl (C=O) groups is 1. The van der Waals surface area contributed by atoms with E-state index >= 15 is 0 Å². The fourth-order valence-electron chi connectivity index (χ4n) is 1.77. The minimum absolute atomic E-state index is 0.605. The molecule has 1 aromatic carbocycles. The molecule has 2 rings (SSSR count). The van der Waals surface area contributed by atoms with Crippen molar-refractivity contribution in [3.05, 3.63) is 35.4 Å². The Morgan fingerprint density at radius 3 is 2.79 bits per heavy atom. The van der Waals surface area contributed by atoms with Gasteiger partial charge < -0.3 is 0 Å². The van der Waals surface area contributed by atoms with Crippen LogP contribution in [-0.2, 0) is 17.6 Å². The van der Waals surface area contributed by atoms with Crippen LogP contribution in [0, 0.1) is 0 Å². The number of aryl methyl sites for hydroxylation is 1. The second-order valence-electron chi connectivity index (χ2n) is 3.37. The van der Waals surface area contributed by atoms with E-state index in [1.807, 2.05) is 6.07 Å². The number of hydrazone groups is 1. The van der Waals surface area contributed by atoms with Gasteiger partial charge in [-0.1, -0.05) is 24.3 Å². The summed E-state index contributed by atoms with van der Waals surface area (Å²) in [6.45, 7) is 0. The van der Waals surface area contributed by atoms with Crippen LogP contribution in [0.25, 0.3) is 0 Å². The van der Waals surface area contributed by atoms with Crippen molar-refractivity contribution in [1.29, 1.82) is 0 Å². The topological polar surface area (TPSA) is 41.5 Å². The molecule has 1 N–H and O–H groups in total. The van der Waals surface area contributed by atoms with Gasteiger partial charge in [0.1, 0.15) is 0 Å². The minimum atomic E-state index is 0.605. The van der Waals surface area contributed by atoms with E-state index in [4.69, 9.17) is 0 Å². The first-order valence-electron chi connectivity index (χ1n) is 4.71. The summed E-state index contributed by atoms with van der Waals surface area (Å²) in [6, 6.07) is 8.36. The summed E-state index contributed by atoms with van der Waals surface area (Å²) >= 11 is 0. The first-order valence-corrected chi connectivity index (χ1v) is 4.71. The van der Waals surface area contributed by atoms with Gasteiger partial charge in [-0.25, -0.2) is 5.43 Å². The van der Waals surface area contributed by atoms with E-state index in [1.165, 1.54) is 11.1 Å². The van der Waals surface area contributed by atoms with Crippen LogP contribution in [0.2, 0.25) is 0 Å². The van der Waals surface area contributed by atoms with Crippen molar-refractivity contribution in [1.82, 2.24) is 5.43 Å². The van der Waals surface area contributed by atoms with Gasteiger partial charge in [0.15, 0.2) is 0 Å². The second kappa shape index (κ2) is 4.05. The van der Waals surface area contributed by atoms with Gasteiger partial charge >= 0.3 is 0 Å². The van der Waals surface area contributed by atoms with Crippen LogP contribution in [0.3, 0.4) is 0 Å². The Bertz CT molecular complexity index is 371. The smallest absolute Gasteiger partial charge is 0.227 e. The monoisotopic (exact) mass is 188 g/mol. The Morgan fingerprint density at radius 1 is 1.21 bits per heavy atom. The lowest BCUT2D eigenvalue weighted by atomic mass is 9.90. The van der Waals surface area contributed by atoms with Gasteiger partial charge in [0.05, 0.1) is 0 Å². The maximum Gasteiger partial charge on any atom is 0.227 e. The molecule has 3 heteroatoms. The Hall–Kier alpha value is -1.64. The second-order valence-corrected chi connectivity index (χ2v) is 3.37. The molecule has 0 fully saturated rings. The number of nitrogens with zero attached hydrogens (tertiary/aromatic N) is 1. The van der Waals surface area contributed by atoms with E-state index in [-0.39, 0.29) is 0 Å². The number of amides is 1. The summed E-state index contributed by atoms with van der Waals surface area (Å²) < 4.78 is 0. The summed E-state index contributed by atoms with van der Waals surface area (Å²) in [5.74, 6) is 0. The maximum absolute atomic E-state index is 10.1. The molecule has 14 heavy (non-hydrogen) atoms. The summed E-state index contributed by atoms with van der Waals surface area (Å²) in [4.78, 5) is 10.1. The summed E-state index contributed by atoms with van der Waals surface area (Å²) in [5, 5.41) is 4.00. The highest BCUT2D eigenvalue weighted by Crippen LogP contribution is 2.18. The predicted octanol–water partition coefficient (Wildman–Crippen LogP) is 1.28. The van der Waals surface area contributed by atoms with Crippen molar-refractivity contribution < 1.29 is 4.79 Å². The Morgan fingerprint density at radius 2 is 2.00 bits per heavy atom. The van der Waals surface area contributed by atoms with Crippen molar-refractivity contribution in [2.75, 3.05) is 0 Å². The van der Waals surface area contributed by atoms with Crippen LogP contribution >= 0.6 is 0 Å². The zero-order chi connectivity index (χ0) is 9.80. The number of rotatable bonds is 2. The Labute approximate surface area is 82.8 Å². The van der Waals surface area contributed by atoms with Gasteiger partial charge in [-0.15, -0.1) is 0 Å². The fraction of sp³-hybridized carbons (Fsp3) is 0.273. The average molecular weight is 188 g/mol. The SMILES string of the molecule is O=CNN=C1CCc2ccccc2C1. The Balaban J connectivity index is 2.17. The van der Waals surface area contributed by atoms with Crippen LogP contribution in [0.5, 0.6) is 0 Å². The van der Waals surface area contributed by atoms with E-state index in [2.05, 4.69) is 28.7 Å². The molecule has 1 aliphatic carbocycles. The molecule has 0 saturated carbocycles. The zero-order valence-electron chi connectivity index (χ0n) is 7.86. The highest BCUT2D eigenvalue weighted by molar-refractivity contribution is 5.88. The molecule has 1 amide bonds. The van der Waals surface area contributed by atoms with E-state index in [0.717, 1.165) is 25.0 Å². The van der Waals surface area contributed by atoms with E-state index < -0.39 is 0 Å². The molecule has 0 bridgehead atoms. The molecule has 0 aliphatic heterocycles. The molecule has 0 heterocycles. The van der Waals surface area contributed by atoms with Crippen LogP contribution in [0.15, 0.2) is 29.4 Å². The largest absolute Gasteiger partial charge is 0.277 e. The number of hydrogen-bond acceptors (Lipinski definition) is 2. The summed E-state index contributed by atoms with van der Waals surface area (Å²) in [5.41, 5.74) is 6.13. The maximum atomic E-state index is 10.1. The molecular formula is C11H12N2O. The van der Waals surface area contributed by atoms with Gasteiger partial charge in [-0.2, -0.15) is 5.10 Å². The van der Waals surface area contributed by atoms with Crippen LogP contribution < -0.4 is 5.43 Å². The molecule has 0 radical (unpaired) electrons. The van der Waals surface area contributed by atoms with Crippen molar-refractivity contribution in [3.8, 4) is 0 Å². The average Bonchev–Trinajstić information content (AvgIpc) is 2.26. The molecule has 0 unspecified atom stereocenters. The van der Waals surface area contributed by atoms with Crippen molar-refractivity contribution in [2.24, 2.45) is 5.10 Å². The molecule has 0 spiro atoms. The lowest BCUT2D eigenvalue weighted by Crippen LogP contribution is -2.17. The van der Waals surface area contributed by atoms with Gasteiger partial charge in [0, 0.05) is 12.1 Å². The van der Waals surface area contributed by atoms with E-state index in [9.17, 15) is 4.79 Å². The summed E-state index contributed by atoms with van der Waals surface area (Å²) in [6.07, 6.45) is 3.43. The van der Waals surface area contributed by atoms with Crippen LogP contribution in [0.4, 0.5) is 0 Å². The lowest BCUT2D eigenvalue weighted by Gasteiger charge is -2.16. The van der Waals surface area contributed by atoms with Crippen molar-refractivity contribution in [3.63, 3.8) is 0 Å². The molecule has 0 atom stereocenters. The third-order valence-electron chi connectivity index (χ3n) is 2.47. The van der Waals surface area contributed by atoms with Crippen LogP contribution in [-0.4, -0.2) is 12.1 Å². The number of benzene rings is 1. The van der Waals surface area contributed by atoms with Crippen LogP contribution in [0.1, 0.15) is 17.5 Å². The zero-order valence-corrected chi connectivity index (χ0v) is 7.86. The molecule has 3 nitrogen and oxygen atoms in total. The van der Waals surface area contributed by atoms with Crippen molar-refractivity contribution in [2.45, 2.75) is 19.3 Å². The molecule has 0 aromatic heterocycles. The lowest BCUT2D eigenvalue weighted by molar-refractivity contribution is -0.109. The third kappa shape index (κ3) is 1.82. The fourth-order valence-corrected chi connectivity index (χ4v) is 1.77. The first-order chi connectivity index (χ1) is 6.90. The van der Waals surface area contributed by atoms with Gasteiger partial charge in [-0.3, -0.25) is 4.79 Å². The molecule has 1 aliphatic rings. The number of carbonyl (C=O) groups excluding carboxylic acids is 1. The standard InChI is InChI=1S/C11H12N2O/c14-8-12-13-11-6-5-9-3-1-2-4-10(9)7-11/h1-4,8H,5-7H2,(H,12,14). The molecule has 0 saturated heterocycles. The highest BCUT2D eigenvalue weighted by Gasteiger charge is 2.12. The minimum Gasteiger partial charge on any atom is -0.277 e. The summed E-state index contributed by atoms with van der Waals surface area (Å²) in [7, 11) is 0. The third-order valence-corrected chi connectivity index (χ3v) is 2.47. The van der Waals surface area contributed by atoms with Gasteiger partial charge in [-0.05, 0) is 24.0 Å². The first kappa shape index (κ1) is 8.94. The molecule has 72 valence electrons. The molecular weight excluding hydrogens is 176 g/mol. The molecule has 1 aromatic rings.